The van der Waals surface area contributed by atoms with Crippen molar-refractivity contribution in [1.29, 1.82) is 5.26 Å². The Balaban J connectivity index is 2.37. The van der Waals surface area contributed by atoms with Crippen LogP contribution in [0.3, 0.4) is 0 Å². The summed E-state index contributed by atoms with van der Waals surface area (Å²) in [6.45, 7) is 0. The van der Waals surface area contributed by atoms with Crippen molar-refractivity contribution < 1.29 is 0 Å². The number of benzene rings is 1. The van der Waals surface area contributed by atoms with Crippen LogP contribution in [0.4, 0.5) is 0 Å². The standard InChI is InChI=1S/C10H10ClNS/c11-10-5-2-1-4-9(10)8-13-7-3-6-12/h1-2,4-5H,3,7-8H2. The summed E-state index contributed by atoms with van der Waals surface area (Å²) in [6, 6.07) is 9.92. The van der Waals surface area contributed by atoms with Crippen LogP contribution in [-0.2, 0) is 5.75 Å². The van der Waals surface area contributed by atoms with Gasteiger partial charge in [0.05, 0.1) is 6.07 Å². The maximum absolute atomic E-state index is 8.33. The Morgan fingerprint density at radius 1 is 1.38 bits per heavy atom. The summed E-state index contributed by atoms with van der Waals surface area (Å²) in [5.74, 6) is 1.77. The van der Waals surface area contributed by atoms with E-state index in [1.807, 2.05) is 24.3 Å². The van der Waals surface area contributed by atoms with E-state index in [1.165, 1.54) is 0 Å². The van der Waals surface area contributed by atoms with Crippen molar-refractivity contribution in [1.82, 2.24) is 0 Å². The molecule has 1 rings (SSSR count). The summed E-state index contributed by atoms with van der Waals surface area (Å²) in [5, 5.41) is 9.14. The maximum Gasteiger partial charge on any atom is 0.0630 e. The zero-order valence-electron chi connectivity index (χ0n) is 7.16. The monoisotopic (exact) mass is 211 g/mol. The van der Waals surface area contributed by atoms with E-state index in [4.69, 9.17) is 16.9 Å². The molecule has 13 heavy (non-hydrogen) atoms. The van der Waals surface area contributed by atoms with Gasteiger partial charge in [0.2, 0.25) is 0 Å². The molecule has 0 saturated carbocycles. The van der Waals surface area contributed by atoms with E-state index < -0.39 is 0 Å². The van der Waals surface area contributed by atoms with E-state index in [9.17, 15) is 0 Å². The molecular formula is C10H10ClNS. The number of rotatable bonds is 4. The van der Waals surface area contributed by atoms with Crippen molar-refractivity contribution in [2.24, 2.45) is 0 Å². The summed E-state index contributed by atoms with van der Waals surface area (Å²) in [7, 11) is 0. The molecule has 0 saturated heterocycles. The molecule has 0 N–H and O–H groups in total. The van der Waals surface area contributed by atoms with E-state index in [0.29, 0.717) is 6.42 Å². The van der Waals surface area contributed by atoms with Crippen LogP contribution in [-0.4, -0.2) is 5.75 Å². The van der Waals surface area contributed by atoms with Crippen LogP contribution < -0.4 is 0 Å². The summed E-state index contributed by atoms with van der Waals surface area (Å²) in [5.41, 5.74) is 1.15. The number of nitriles is 1. The molecule has 0 aliphatic heterocycles. The normalized spacial score (nSPS) is 9.54. The van der Waals surface area contributed by atoms with E-state index >= 15 is 0 Å². The number of hydrogen-bond donors (Lipinski definition) is 0. The molecular weight excluding hydrogens is 202 g/mol. The van der Waals surface area contributed by atoms with Gasteiger partial charge in [0, 0.05) is 22.9 Å². The molecule has 1 nitrogen and oxygen atoms in total. The van der Waals surface area contributed by atoms with Crippen LogP contribution in [0.15, 0.2) is 24.3 Å². The van der Waals surface area contributed by atoms with Crippen LogP contribution >= 0.6 is 23.4 Å². The molecule has 0 bridgehead atoms. The van der Waals surface area contributed by atoms with Crippen molar-refractivity contribution in [2.45, 2.75) is 12.2 Å². The number of thioether (sulfide) groups is 1. The van der Waals surface area contributed by atoms with E-state index in [-0.39, 0.29) is 0 Å². The summed E-state index contributed by atoms with van der Waals surface area (Å²) >= 11 is 7.70. The zero-order valence-corrected chi connectivity index (χ0v) is 8.74. The molecule has 1 aromatic carbocycles. The van der Waals surface area contributed by atoms with Gasteiger partial charge in [-0.25, -0.2) is 0 Å². The minimum Gasteiger partial charge on any atom is -0.198 e. The van der Waals surface area contributed by atoms with Crippen molar-refractivity contribution in [3.8, 4) is 6.07 Å². The third-order valence-electron chi connectivity index (χ3n) is 1.57. The predicted molar refractivity (Wildman–Crippen MR) is 57.8 cm³/mol. The van der Waals surface area contributed by atoms with Crippen LogP contribution in [0.25, 0.3) is 0 Å². The van der Waals surface area contributed by atoms with Crippen LogP contribution in [0.2, 0.25) is 5.02 Å². The first kappa shape index (κ1) is 10.4. The molecule has 0 fully saturated rings. The quantitative estimate of drug-likeness (QED) is 0.712. The molecule has 0 radical (unpaired) electrons. The van der Waals surface area contributed by atoms with Gasteiger partial charge in [-0.05, 0) is 11.6 Å². The van der Waals surface area contributed by atoms with Crippen molar-refractivity contribution >= 4 is 23.4 Å². The molecule has 0 aliphatic carbocycles. The Bertz CT molecular complexity index is 306. The third-order valence-corrected chi connectivity index (χ3v) is 2.95. The summed E-state index contributed by atoms with van der Waals surface area (Å²) in [4.78, 5) is 0. The Labute approximate surface area is 87.7 Å². The van der Waals surface area contributed by atoms with Gasteiger partial charge in [-0.1, -0.05) is 29.8 Å². The molecule has 68 valence electrons. The van der Waals surface area contributed by atoms with Crippen LogP contribution in [0.1, 0.15) is 12.0 Å². The van der Waals surface area contributed by atoms with Crippen molar-refractivity contribution in [3.63, 3.8) is 0 Å². The maximum atomic E-state index is 8.33. The molecule has 1 aromatic rings. The lowest BCUT2D eigenvalue weighted by Gasteiger charge is -2.01. The van der Waals surface area contributed by atoms with Crippen molar-refractivity contribution in [2.75, 3.05) is 5.75 Å². The number of halogens is 1. The topological polar surface area (TPSA) is 23.8 Å². The van der Waals surface area contributed by atoms with Crippen molar-refractivity contribution in [3.05, 3.63) is 34.9 Å². The average Bonchev–Trinajstić information content (AvgIpc) is 2.15. The van der Waals surface area contributed by atoms with Crippen LogP contribution in [0, 0.1) is 11.3 Å². The molecule has 0 spiro atoms. The fraction of sp³-hybridized carbons (Fsp3) is 0.300. The minimum atomic E-state index is 0.606. The first-order valence-corrected chi connectivity index (χ1v) is 5.56. The fourth-order valence-corrected chi connectivity index (χ4v) is 2.05. The first-order chi connectivity index (χ1) is 6.34. The highest BCUT2D eigenvalue weighted by molar-refractivity contribution is 7.98. The summed E-state index contributed by atoms with van der Waals surface area (Å²) < 4.78 is 0. The molecule has 0 atom stereocenters. The lowest BCUT2D eigenvalue weighted by atomic mass is 10.2. The second-order valence-electron chi connectivity index (χ2n) is 2.55. The lowest BCUT2D eigenvalue weighted by molar-refractivity contribution is 1.23. The van der Waals surface area contributed by atoms with Gasteiger partial charge in [0.1, 0.15) is 0 Å². The second kappa shape index (κ2) is 5.90. The Morgan fingerprint density at radius 2 is 2.15 bits per heavy atom. The average molecular weight is 212 g/mol. The van der Waals surface area contributed by atoms with Crippen LogP contribution in [0.5, 0.6) is 0 Å². The fourth-order valence-electron chi connectivity index (χ4n) is 0.915. The van der Waals surface area contributed by atoms with Gasteiger partial charge < -0.3 is 0 Å². The zero-order chi connectivity index (χ0) is 9.52. The van der Waals surface area contributed by atoms with Gasteiger partial charge >= 0.3 is 0 Å². The highest BCUT2D eigenvalue weighted by Crippen LogP contribution is 2.20. The second-order valence-corrected chi connectivity index (χ2v) is 4.06. The smallest absolute Gasteiger partial charge is 0.0630 e. The predicted octanol–water partition coefficient (Wildman–Crippen LogP) is 3.49. The summed E-state index contributed by atoms with van der Waals surface area (Å²) in [6.07, 6.45) is 0.606. The number of hydrogen-bond acceptors (Lipinski definition) is 2. The largest absolute Gasteiger partial charge is 0.198 e. The van der Waals surface area contributed by atoms with E-state index in [0.717, 1.165) is 22.1 Å². The highest BCUT2D eigenvalue weighted by atomic mass is 35.5. The molecule has 3 heteroatoms. The van der Waals surface area contributed by atoms with Gasteiger partial charge in [0.15, 0.2) is 0 Å². The highest BCUT2D eigenvalue weighted by Gasteiger charge is 1.97. The number of nitrogens with zero attached hydrogens (tertiary/aromatic N) is 1. The lowest BCUT2D eigenvalue weighted by Crippen LogP contribution is -1.83. The molecule has 0 amide bonds. The minimum absolute atomic E-state index is 0.606. The molecule has 0 unspecified atom stereocenters. The molecule has 0 aromatic heterocycles. The third kappa shape index (κ3) is 3.71. The van der Waals surface area contributed by atoms with Gasteiger partial charge in [-0.15, -0.1) is 0 Å². The Kier molecular flexibility index (Phi) is 4.74. The Morgan fingerprint density at radius 3 is 2.85 bits per heavy atom. The SMILES string of the molecule is N#CCCSCc1ccccc1Cl. The Hall–Kier alpha value is -0.650. The van der Waals surface area contributed by atoms with E-state index in [1.54, 1.807) is 11.8 Å². The first-order valence-electron chi connectivity index (χ1n) is 4.02. The van der Waals surface area contributed by atoms with Gasteiger partial charge in [-0.3, -0.25) is 0 Å². The van der Waals surface area contributed by atoms with Gasteiger partial charge in [0.25, 0.3) is 0 Å². The molecule has 0 heterocycles. The van der Waals surface area contributed by atoms with E-state index in [2.05, 4.69) is 6.07 Å². The molecule has 0 aliphatic rings. The van der Waals surface area contributed by atoms with Gasteiger partial charge in [-0.2, -0.15) is 17.0 Å².